The number of nitrogens with zero attached hydrogens (tertiary/aromatic N) is 4. The molecular formula is C18H16F3N5O. The van der Waals surface area contributed by atoms with Gasteiger partial charge in [-0.25, -0.2) is 0 Å². The molecule has 0 saturated heterocycles. The molecule has 0 bridgehead atoms. The van der Waals surface area contributed by atoms with E-state index in [-0.39, 0.29) is 23.3 Å². The van der Waals surface area contributed by atoms with Crippen LogP contribution in [0.15, 0.2) is 36.7 Å². The molecule has 1 aliphatic rings. The highest BCUT2D eigenvalue weighted by Crippen LogP contribution is 2.33. The van der Waals surface area contributed by atoms with E-state index >= 15 is 0 Å². The predicted octanol–water partition coefficient (Wildman–Crippen LogP) is 3.48. The summed E-state index contributed by atoms with van der Waals surface area (Å²) in [4.78, 5) is 12.6. The second kappa shape index (κ2) is 6.64. The molecule has 1 fully saturated rings. The first-order chi connectivity index (χ1) is 12.9. The molecule has 1 aliphatic carbocycles. The Morgan fingerprint density at radius 3 is 2.70 bits per heavy atom. The van der Waals surface area contributed by atoms with Crippen LogP contribution >= 0.6 is 0 Å². The summed E-state index contributed by atoms with van der Waals surface area (Å²) in [5.74, 6) is -0.356. The monoisotopic (exact) mass is 375 g/mol. The summed E-state index contributed by atoms with van der Waals surface area (Å²) in [6.07, 6.45) is 0.827. The quantitative estimate of drug-likeness (QED) is 0.761. The second-order valence-corrected chi connectivity index (χ2v) is 6.58. The van der Waals surface area contributed by atoms with Gasteiger partial charge < -0.3 is 5.32 Å². The number of aromatic nitrogens is 4. The summed E-state index contributed by atoms with van der Waals surface area (Å²) in [6.45, 7) is 0. The molecule has 1 N–H and O–H groups in total. The molecular weight excluding hydrogens is 359 g/mol. The van der Waals surface area contributed by atoms with Crippen molar-refractivity contribution in [2.75, 3.05) is 0 Å². The normalized spacial score (nSPS) is 15.4. The van der Waals surface area contributed by atoms with Crippen LogP contribution in [0.1, 0.15) is 41.7 Å². The van der Waals surface area contributed by atoms with Crippen LogP contribution in [0.25, 0.3) is 16.8 Å². The van der Waals surface area contributed by atoms with Crippen LogP contribution in [0, 0.1) is 0 Å². The number of rotatable bonds is 3. The van der Waals surface area contributed by atoms with E-state index in [9.17, 15) is 18.0 Å². The topological polar surface area (TPSA) is 72.2 Å². The van der Waals surface area contributed by atoms with E-state index in [0.29, 0.717) is 11.1 Å². The lowest BCUT2D eigenvalue weighted by molar-refractivity contribution is -0.137. The fraction of sp³-hybridized carbons (Fsp3) is 0.333. The predicted molar refractivity (Wildman–Crippen MR) is 90.9 cm³/mol. The Bertz CT molecular complexity index is 992. The van der Waals surface area contributed by atoms with Crippen LogP contribution in [0.2, 0.25) is 0 Å². The van der Waals surface area contributed by atoms with E-state index in [4.69, 9.17) is 0 Å². The zero-order valence-electron chi connectivity index (χ0n) is 14.2. The van der Waals surface area contributed by atoms with Gasteiger partial charge in [0, 0.05) is 11.6 Å². The average Bonchev–Trinajstić information content (AvgIpc) is 3.31. The van der Waals surface area contributed by atoms with E-state index < -0.39 is 11.7 Å². The average molecular weight is 375 g/mol. The molecule has 0 aliphatic heterocycles. The molecule has 9 heteroatoms. The molecule has 0 unspecified atom stereocenters. The van der Waals surface area contributed by atoms with Crippen LogP contribution in [-0.4, -0.2) is 31.8 Å². The van der Waals surface area contributed by atoms with Crippen molar-refractivity contribution in [1.29, 1.82) is 0 Å². The van der Waals surface area contributed by atoms with Crippen molar-refractivity contribution in [3.63, 3.8) is 0 Å². The molecule has 27 heavy (non-hydrogen) atoms. The van der Waals surface area contributed by atoms with Gasteiger partial charge in [-0.2, -0.15) is 22.8 Å². The number of alkyl halides is 3. The Morgan fingerprint density at radius 2 is 1.96 bits per heavy atom. The van der Waals surface area contributed by atoms with Crippen molar-refractivity contribution in [3.8, 4) is 11.1 Å². The van der Waals surface area contributed by atoms with Gasteiger partial charge in [-0.05, 0) is 36.6 Å². The highest BCUT2D eigenvalue weighted by Gasteiger charge is 2.31. The van der Waals surface area contributed by atoms with Crippen LogP contribution in [0.5, 0.6) is 0 Å². The molecule has 2 aromatic heterocycles. The Hall–Kier alpha value is -2.97. The number of fused-ring (bicyclic) bond motifs is 1. The Balaban J connectivity index is 1.76. The van der Waals surface area contributed by atoms with Crippen LogP contribution in [0.3, 0.4) is 0 Å². The number of benzene rings is 1. The number of halogens is 3. The first-order valence-corrected chi connectivity index (χ1v) is 8.61. The van der Waals surface area contributed by atoms with Gasteiger partial charge in [0.25, 0.3) is 5.91 Å². The zero-order valence-corrected chi connectivity index (χ0v) is 14.2. The summed E-state index contributed by atoms with van der Waals surface area (Å²) in [6, 6.07) is 6.46. The Morgan fingerprint density at radius 1 is 1.19 bits per heavy atom. The van der Waals surface area contributed by atoms with Crippen molar-refractivity contribution in [1.82, 2.24) is 25.1 Å². The smallest absolute Gasteiger partial charge is 0.348 e. The second-order valence-electron chi connectivity index (χ2n) is 6.58. The third-order valence-electron chi connectivity index (χ3n) is 4.69. The lowest BCUT2D eigenvalue weighted by atomic mass is 10.0. The summed E-state index contributed by atoms with van der Waals surface area (Å²) >= 11 is 0. The molecule has 140 valence electrons. The van der Waals surface area contributed by atoms with Crippen molar-refractivity contribution >= 4 is 11.6 Å². The van der Waals surface area contributed by atoms with E-state index in [2.05, 4.69) is 20.6 Å². The summed E-state index contributed by atoms with van der Waals surface area (Å²) < 4.78 is 40.5. The maximum absolute atomic E-state index is 13.1. The van der Waals surface area contributed by atoms with E-state index in [1.54, 1.807) is 0 Å². The standard InChI is InChI=1S/C18H16F3N5O/c19-18(20,21)12-5-3-4-11(8-12)14-9-15(25-26-10-22-24-16(14)26)17(27)23-13-6-1-2-7-13/h3-5,8-10,13H,1-2,6-7H2,(H,23,27). The van der Waals surface area contributed by atoms with Crippen molar-refractivity contribution in [3.05, 3.63) is 47.9 Å². The van der Waals surface area contributed by atoms with Crippen molar-refractivity contribution in [2.45, 2.75) is 37.9 Å². The minimum Gasteiger partial charge on any atom is -0.348 e. The van der Waals surface area contributed by atoms with Crippen LogP contribution < -0.4 is 5.32 Å². The third-order valence-corrected chi connectivity index (χ3v) is 4.69. The minimum absolute atomic E-state index is 0.105. The highest BCUT2D eigenvalue weighted by atomic mass is 19.4. The number of amides is 1. The maximum Gasteiger partial charge on any atom is 0.416 e. The minimum atomic E-state index is -4.46. The molecule has 6 nitrogen and oxygen atoms in total. The van der Waals surface area contributed by atoms with Gasteiger partial charge in [0.05, 0.1) is 5.56 Å². The molecule has 2 heterocycles. The van der Waals surface area contributed by atoms with Gasteiger partial charge in [-0.1, -0.05) is 25.0 Å². The van der Waals surface area contributed by atoms with Gasteiger partial charge in [-0.15, -0.1) is 10.2 Å². The van der Waals surface area contributed by atoms with Crippen LogP contribution in [0.4, 0.5) is 13.2 Å². The van der Waals surface area contributed by atoms with E-state index in [1.807, 2.05) is 0 Å². The molecule has 1 aromatic carbocycles. The van der Waals surface area contributed by atoms with E-state index in [0.717, 1.165) is 37.8 Å². The first kappa shape index (κ1) is 17.4. The van der Waals surface area contributed by atoms with Gasteiger partial charge in [0.1, 0.15) is 12.0 Å². The van der Waals surface area contributed by atoms with Gasteiger partial charge in [0.15, 0.2) is 5.65 Å². The molecule has 3 aromatic rings. The lowest BCUT2D eigenvalue weighted by Gasteiger charge is -2.13. The molecule has 0 radical (unpaired) electrons. The molecule has 0 atom stereocenters. The largest absolute Gasteiger partial charge is 0.416 e. The molecule has 0 spiro atoms. The van der Waals surface area contributed by atoms with Crippen LogP contribution in [-0.2, 0) is 6.18 Å². The number of carbonyl (C=O) groups excluding carboxylic acids is 1. The van der Waals surface area contributed by atoms with E-state index in [1.165, 1.54) is 29.0 Å². The number of nitrogens with one attached hydrogen (secondary N) is 1. The Kier molecular flexibility index (Phi) is 4.29. The number of carbonyl (C=O) groups is 1. The first-order valence-electron chi connectivity index (χ1n) is 8.61. The zero-order chi connectivity index (χ0) is 19.0. The van der Waals surface area contributed by atoms with Crippen molar-refractivity contribution < 1.29 is 18.0 Å². The molecule has 1 saturated carbocycles. The number of hydrogen-bond acceptors (Lipinski definition) is 4. The van der Waals surface area contributed by atoms with Gasteiger partial charge in [0.2, 0.25) is 0 Å². The summed E-state index contributed by atoms with van der Waals surface area (Å²) in [7, 11) is 0. The molecule has 1 amide bonds. The highest BCUT2D eigenvalue weighted by molar-refractivity contribution is 5.95. The SMILES string of the molecule is O=C(NC1CCCC1)c1cc(-c2cccc(C(F)(F)F)c2)c2nncn2n1. The van der Waals surface area contributed by atoms with Crippen molar-refractivity contribution in [2.24, 2.45) is 0 Å². The molecule has 4 rings (SSSR count). The Labute approximate surface area is 152 Å². The fourth-order valence-corrected chi connectivity index (χ4v) is 3.34. The van der Waals surface area contributed by atoms with Gasteiger partial charge in [-0.3, -0.25) is 4.79 Å². The lowest BCUT2D eigenvalue weighted by Crippen LogP contribution is -2.33. The van der Waals surface area contributed by atoms with Gasteiger partial charge >= 0.3 is 6.18 Å². The maximum atomic E-state index is 13.1. The fourth-order valence-electron chi connectivity index (χ4n) is 3.34. The summed E-state index contributed by atoms with van der Waals surface area (Å²) in [5.41, 5.74) is 0.283. The summed E-state index contributed by atoms with van der Waals surface area (Å²) in [5, 5.41) is 14.8. The number of hydrogen-bond donors (Lipinski definition) is 1. The third kappa shape index (κ3) is 3.49.